The molecular weight excluding hydrogens is 250 g/mol. The van der Waals surface area contributed by atoms with Crippen LogP contribution in [0.15, 0.2) is 0 Å². The molecule has 2 heterocycles. The van der Waals surface area contributed by atoms with Gasteiger partial charge in [-0.3, -0.25) is 0 Å². The van der Waals surface area contributed by atoms with E-state index in [1.807, 2.05) is 17.8 Å². The standard InChI is InChI=1S/C9H10ClN3S2/c1-5-3-14-4-6(5)12-9-13-8(10)7(2-11)15-9/h5-6H,3-4H2,1H3,(H,12,13). The second-order valence-corrected chi connectivity index (χ2v) is 5.95. The number of aromatic nitrogens is 1. The molecule has 0 aromatic carbocycles. The van der Waals surface area contributed by atoms with E-state index < -0.39 is 0 Å². The van der Waals surface area contributed by atoms with Gasteiger partial charge in [-0.2, -0.15) is 17.0 Å². The van der Waals surface area contributed by atoms with Crippen molar-refractivity contribution in [3.05, 3.63) is 10.0 Å². The fraction of sp³-hybridized carbons (Fsp3) is 0.556. The van der Waals surface area contributed by atoms with E-state index in [-0.39, 0.29) is 0 Å². The van der Waals surface area contributed by atoms with Crippen molar-refractivity contribution in [2.24, 2.45) is 5.92 Å². The van der Waals surface area contributed by atoms with Crippen molar-refractivity contribution in [2.75, 3.05) is 16.8 Å². The summed E-state index contributed by atoms with van der Waals surface area (Å²) in [5.41, 5.74) is 0. The summed E-state index contributed by atoms with van der Waals surface area (Å²) in [4.78, 5) is 4.60. The number of thioether (sulfide) groups is 1. The highest BCUT2D eigenvalue weighted by Crippen LogP contribution is 2.30. The fourth-order valence-electron chi connectivity index (χ4n) is 1.44. The third-order valence-corrected chi connectivity index (χ3v) is 4.99. The lowest BCUT2D eigenvalue weighted by Crippen LogP contribution is -2.25. The van der Waals surface area contributed by atoms with Gasteiger partial charge in [0.2, 0.25) is 0 Å². The van der Waals surface area contributed by atoms with Crippen molar-refractivity contribution in [2.45, 2.75) is 13.0 Å². The smallest absolute Gasteiger partial charge is 0.185 e. The summed E-state index contributed by atoms with van der Waals surface area (Å²) in [6, 6.07) is 2.48. The van der Waals surface area contributed by atoms with Crippen LogP contribution in [0.1, 0.15) is 11.8 Å². The van der Waals surface area contributed by atoms with Gasteiger partial charge in [0, 0.05) is 11.8 Å². The number of hydrogen-bond acceptors (Lipinski definition) is 5. The van der Waals surface area contributed by atoms with Crippen molar-refractivity contribution in [1.82, 2.24) is 4.98 Å². The second kappa shape index (κ2) is 4.60. The molecule has 2 rings (SSSR count). The van der Waals surface area contributed by atoms with Crippen LogP contribution in [0.5, 0.6) is 0 Å². The van der Waals surface area contributed by atoms with Crippen molar-refractivity contribution in [1.29, 1.82) is 5.26 Å². The van der Waals surface area contributed by atoms with E-state index in [4.69, 9.17) is 16.9 Å². The van der Waals surface area contributed by atoms with E-state index in [0.29, 0.717) is 22.0 Å². The third kappa shape index (κ3) is 2.39. The normalized spacial score (nSPS) is 25.1. The number of hydrogen-bond donors (Lipinski definition) is 1. The van der Waals surface area contributed by atoms with Gasteiger partial charge in [0.25, 0.3) is 0 Å². The lowest BCUT2D eigenvalue weighted by atomic mass is 10.1. The Labute approximate surface area is 102 Å². The van der Waals surface area contributed by atoms with Crippen LogP contribution in [-0.2, 0) is 0 Å². The molecule has 2 atom stereocenters. The first-order chi connectivity index (χ1) is 7.20. The van der Waals surface area contributed by atoms with E-state index in [2.05, 4.69) is 17.2 Å². The van der Waals surface area contributed by atoms with Crippen molar-refractivity contribution < 1.29 is 0 Å². The molecule has 0 radical (unpaired) electrons. The topological polar surface area (TPSA) is 48.7 Å². The summed E-state index contributed by atoms with van der Waals surface area (Å²) < 4.78 is 0. The maximum atomic E-state index is 8.75. The van der Waals surface area contributed by atoms with Crippen LogP contribution < -0.4 is 5.32 Å². The molecule has 0 aliphatic carbocycles. The van der Waals surface area contributed by atoms with Gasteiger partial charge in [0.15, 0.2) is 10.3 Å². The molecule has 1 aliphatic rings. The highest BCUT2D eigenvalue weighted by Gasteiger charge is 2.24. The van der Waals surface area contributed by atoms with Gasteiger partial charge in [-0.25, -0.2) is 4.98 Å². The minimum Gasteiger partial charge on any atom is -0.358 e. The number of anilines is 1. The molecule has 1 aliphatic heterocycles. The average Bonchev–Trinajstić information content (AvgIpc) is 2.75. The lowest BCUT2D eigenvalue weighted by Gasteiger charge is -2.14. The summed E-state index contributed by atoms with van der Waals surface area (Å²) in [7, 11) is 0. The van der Waals surface area contributed by atoms with Gasteiger partial charge in [-0.1, -0.05) is 29.9 Å². The summed E-state index contributed by atoms with van der Waals surface area (Å²) in [5.74, 6) is 2.92. The zero-order valence-electron chi connectivity index (χ0n) is 8.16. The van der Waals surface area contributed by atoms with Crippen LogP contribution in [0, 0.1) is 17.2 Å². The first-order valence-electron chi connectivity index (χ1n) is 4.61. The second-order valence-electron chi connectivity index (χ2n) is 3.52. The van der Waals surface area contributed by atoms with Crippen molar-refractivity contribution in [3.63, 3.8) is 0 Å². The van der Waals surface area contributed by atoms with E-state index in [1.165, 1.54) is 17.1 Å². The molecule has 1 aromatic rings. The highest BCUT2D eigenvalue weighted by atomic mass is 35.5. The third-order valence-electron chi connectivity index (χ3n) is 2.36. The summed E-state index contributed by atoms with van der Waals surface area (Å²) >= 11 is 9.07. The molecule has 2 unspecified atom stereocenters. The number of thiazole rings is 1. The summed E-state index contributed by atoms with van der Waals surface area (Å²) in [6.45, 7) is 2.22. The molecule has 0 spiro atoms. The Balaban J connectivity index is 2.08. The van der Waals surface area contributed by atoms with Gasteiger partial charge in [-0.05, 0) is 11.7 Å². The van der Waals surface area contributed by atoms with Gasteiger partial charge in [-0.15, -0.1) is 0 Å². The van der Waals surface area contributed by atoms with Crippen LogP contribution in [-0.4, -0.2) is 22.5 Å². The Bertz CT molecular complexity index is 399. The molecule has 6 heteroatoms. The quantitative estimate of drug-likeness (QED) is 0.887. The van der Waals surface area contributed by atoms with Gasteiger partial charge >= 0.3 is 0 Å². The molecule has 80 valence electrons. The number of nitriles is 1. The fourth-order valence-corrected chi connectivity index (χ4v) is 3.85. The summed E-state index contributed by atoms with van der Waals surface area (Å²) in [5, 5.41) is 13.2. The van der Waals surface area contributed by atoms with E-state index >= 15 is 0 Å². The Kier molecular flexibility index (Phi) is 3.39. The largest absolute Gasteiger partial charge is 0.358 e. The van der Waals surface area contributed by atoms with Crippen LogP contribution in [0.25, 0.3) is 0 Å². The van der Waals surface area contributed by atoms with E-state index in [1.54, 1.807) is 0 Å². The van der Waals surface area contributed by atoms with E-state index in [0.717, 1.165) is 10.9 Å². The number of rotatable bonds is 2. The molecular formula is C9H10ClN3S2. The average molecular weight is 260 g/mol. The van der Waals surface area contributed by atoms with Gasteiger partial charge in [0.05, 0.1) is 0 Å². The van der Waals surface area contributed by atoms with E-state index in [9.17, 15) is 0 Å². The monoisotopic (exact) mass is 259 g/mol. The predicted octanol–water partition coefficient (Wildman–Crippen LogP) is 2.83. The van der Waals surface area contributed by atoms with Crippen LogP contribution in [0.4, 0.5) is 5.13 Å². The van der Waals surface area contributed by atoms with Crippen LogP contribution in [0.2, 0.25) is 5.15 Å². The Hall–Kier alpha value is -0.440. The Morgan fingerprint density at radius 2 is 2.40 bits per heavy atom. The molecule has 3 nitrogen and oxygen atoms in total. The van der Waals surface area contributed by atoms with Crippen LogP contribution in [0.3, 0.4) is 0 Å². The number of nitrogens with zero attached hydrogens (tertiary/aromatic N) is 2. The van der Waals surface area contributed by atoms with Crippen molar-refractivity contribution in [3.8, 4) is 6.07 Å². The Morgan fingerprint density at radius 1 is 1.60 bits per heavy atom. The van der Waals surface area contributed by atoms with Gasteiger partial charge in [0.1, 0.15) is 10.9 Å². The Morgan fingerprint density at radius 3 is 2.93 bits per heavy atom. The zero-order chi connectivity index (χ0) is 10.8. The molecule has 0 saturated carbocycles. The molecule has 0 amide bonds. The minimum atomic E-state index is 0.309. The van der Waals surface area contributed by atoms with Crippen LogP contribution >= 0.6 is 34.7 Å². The first-order valence-corrected chi connectivity index (χ1v) is 6.96. The zero-order valence-corrected chi connectivity index (χ0v) is 10.5. The lowest BCUT2D eigenvalue weighted by molar-refractivity contribution is 0.599. The molecule has 1 N–H and O–H groups in total. The minimum absolute atomic E-state index is 0.309. The maximum Gasteiger partial charge on any atom is 0.185 e. The molecule has 1 aromatic heterocycles. The molecule has 1 fully saturated rings. The predicted molar refractivity (Wildman–Crippen MR) is 65.7 cm³/mol. The SMILES string of the molecule is CC1CSCC1Nc1nc(Cl)c(C#N)s1. The number of halogens is 1. The maximum absolute atomic E-state index is 8.75. The first kappa shape index (κ1) is 11.1. The molecule has 0 bridgehead atoms. The number of nitrogens with one attached hydrogen (secondary N) is 1. The van der Waals surface area contributed by atoms with Gasteiger partial charge < -0.3 is 5.32 Å². The summed E-state index contributed by atoms with van der Waals surface area (Å²) in [6.07, 6.45) is 0. The molecule has 1 saturated heterocycles. The van der Waals surface area contributed by atoms with Crippen molar-refractivity contribution >= 4 is 39.8 Å². The molecule has 15 heavy (non-hydrogen) atoms. The highest BCUT2D eigenvalue weighted by molar-refractivity contribution is 7.99.